The molecule has 0 bridgehead atoms. The fraction of sp³-hybridized carbons (Fsp3) is 0.185. The number of ketones is 1. The summed E-state index contributed by atoms with van der Waals surface area (Å²) >= 11 is 0. The van der Waals surface area contributed by atoms with Crippen LogP contribution in [0.1, 0.15) is 21.5 Å². The summed E-state index contributed by atoms with van der Waals surface area (Å²) in [5.41, 5.74) is 5.21. The van der Waals surface area contributed by atoms with Gasteiger partial charge in [0.05, 0.1) is 11.3 Å². The Kier molecular flexibility index (Phi) is 6.08. The topological polar surface area (TPSA) is 57.5 Å². The van der Waals surface area contributed by atoms with Crippen molar-refractivity contribution in [1.29, 1.82) is 0 Å². The van der Waals surface area contributed by atoms with E-state index in [1.807, 2.05) is 98.3 Å². The molecule has 0 radical (unpaired) electrons. The highest BCUT2D eigenvalue weighted by Gasteiger charge is 2.23. The normalized spacial score (nSPS) is 10.8. The predicted octanol–water partition coefficient (Wildman–Crippen LogP) is 5.27. The monoisotopic (exact) mass is 427 g/mol. The van der Waals surface area contributed by atoms with E-state index >= 15 is 0 Å². The van der Waals surface area contributed by atoms with Gasteiger partial charge in [-0.1, -0.05) is 60.7 Å². The van der Waals surface area contributed by atoms with Crippen molar-refractivity contribution in [1.82, 2.24) is 4.57 Å². The fourth-order valence-electron chi connectivity index (χ4n) is 3.87. The van der Waals surface area contributed by atoms with E-state index in [2.05, 4.69) is 0 Å². The first-order chi connectivity index (χ1) is 15.5. The first-order valence-corrected chi connectivity index (χ1v) is 10.5. The van der Waals surface area contributed by atoms with Gasteiger partial charge in [0.1, 0.15) is 5.75 Å². The van der Waals surface area contributed by atoms with Crippen LogP contribution in [0.2, 0.25) is 0 Å². The Bertz CT molecular complexity index is 1290. The molecule has 0 amide bonds. The Hall–Kier alpha value is -3.86. The fourth-order valence-corrected chi connectivity index (χ4v) is 3.87. The summed E-state index contributed by atoms with van der Waals surface area (Å²) in [4.78, 5) is 25.5. The second kappa shape index (κ2) is 9.10. The smallest absolute Gasteiger partial charge is 0.344 e. The summed E-state index contributed by atoms with van der Waals surface area (Å²) in [6, 6.07) is 23.3. The highest BCUT2D eigenvalue weighted by molar-refractivity contribution is 6.14. The zero-order chi connectivity index (χ0) is 22.7. The number of carbonyl (C=O) groups excluding carboxylic acids is 2. The number of para-hydroxylation sites is 1. The van der Waals surface area contributed by atoms with Crippen LogP contribution in [-0.4, -0.2) is 29.5 Å². The SMILES string of the molecule is Cc1ccc(C)c(OCC(=O)OCC(=O)c2c(-c3ccccc3)n(C)c3ccccc23)c1. The molecule has 0 unspecified atom stereocenters. The number of aromatic nitrogens is 1. The van der Waals surface area contributed by atoms with E-state index < -0.39 is 5.97 Å². The lowest BCUT2D eigenvalue weighted by Gasteiger charge is -2.10. The highest BCUT2D eigenvalue weighted by Crippen LogP contribution is 2.33. The van der Waals surface area contributed by atoms with Gasteiger partial charge in [0, 0.05) is 18.0 Å². The van der Waals surface area contributed by atoms with Gasteiger partial charge >= 0.3 is 5.97 Å². The number of nitrogens with zero attached hydrogens (tertiary/aromatic N) is 1. The van der Waals surface area contributed by atoms with Crippen LogP contribution in [0.15, 0.2) is 72.8 Å². The summed E-state index contributed by atoms with van der Waals surface area (Å²) < 4.78 is 12.9. The van der Waals surface area contributed by atoms with Crippen molar-refractivity contribution in [2.45, 2.75) is 13.8 Å². The van der Waals surface area contributed by atoms with Gasteiger partial charge in [0.15, 0.2) is 13.2 Å². The number of fused-ring (bicyclic) bond motifs is 1. The molecular formula is C27H25NO4. The largest absolute Gasteiger partial charge is 0.482 e. The molecule has 0 atom stereocenters. The van der Waals surface area contributed by atoms with Crippen molar-refractivity contribution in [2.24, 2.45) is 7.05 Å². The lowest BCUT2D eigenvalue weighted by Crippen LogP contribution is -2.20. The van der Waals surface area contributed by atoms with Crippen LogP contribution in [0.3, 0.4) is 0 Å². The molecule has 0 fully saturated rings. The molecule has 3 aromatic carbocycles. The van der Waals surface area contributed by atoms with E-state index in [9.17, 15) is 9.59 Å². The van der Waals surface area contributed by atoms with Gasteiger partial charge in [-0.05, 0) is 42.7 Å². The second-order valence-corrected chi connectivity index (χ2v) is 7.81. The Labute approximate surface area is 187 Å². The predicted molar refractivity (Wildman–Crippen MR) is 125 cm³/mol. The van der Waals surface area contributed by atoms with E-state index in [1.165, 1.54) is 0 Å². The summed E-state index contributed by atoms with van der Waals surface area (Å²) in [5, 5.41) is 0.835. The number of Topliss-reactive ketones (excluding diaryl/α,β-unsaturated/α-hetero) is 1. The van der Waals surface area contributed by atoms with Crippen molar-refractivity contribution in [2.75, 3.05) is 13.2 Å². The quantitative estimate of drug-likeness (QED) is 0.298. The van der Waals surface area contributed by atoms with E-state index in [4.69, 9.17) is 9.47 Å². The zero-order valence-corrected chi connectivity index (χ0v) is 18.4. The molecule has 0 aliphatic rings. The van der Waals surface area contributed by atoms with E-state index in [-0.39, 0.29) is 19.0 Å². The molecular weight excluding hydrogens is 402 g/mol. The average Bonchev–Trinajstić information content (AvgIpc) is 3.11. The van der Waals surface area contributed by atoms with Crippen molar-refractivity contribution in [3.05, 3.63) is 89.5 Å². The minimum absolute atomic E-state index is 0.249. The van der Waals surface area contributed by atoms with Crippen LogP contribution in [0.5, 0.6) is 5.75 Å². The molecule has 4 rings (SSSR count). The second-order valence-electron chi connectivity index (χ2n) is 7.81. The highest BCUT2D eigenvalue weighted by atomic mass is 16.6. The lowest BCUT2D eigenvalue weighted by atomic mass is 10.0. The average molecular weight is 428 g/mol. The molecule has 162 valence electrons. The molecule has 0 N–H and O–H groups in total. The van der Waals surface area contributed by atoms with Gasteiger partial charge in [-0.15, -0.1) is 0 Å². The van der Waals surface area contributed by atoms with Crippen LogP contribution in [0.4, 0.5) is 0 Å². The number of carbonyl (C=O) groups is 2. The van der Waals surface area contributed by atoms with E-state index in [0.29, 0.717) is 11.3 Å². The van der Waals surface area contributed by atoms with Crippen molar-refractivity contribution < 1.29 is 19.1 Å². The Morgan fingerprint density at radius 1 is 0.875 bits per heavy atom. The minimum Gasteiger partial charge on any atom is -0.482 e. The van der Waals surface area contributed by atoms with Gasteiger partial charge in [-0.3, -0.25) is 4.79 Å². The maximum atomic E-state index is 13.2. The minimum atomic E-state index is -0.583. The summed E-state index contributed by atoms with van der Waals surface area (Å²) in [5.74, 6) is -0.199. The molecule has 1 aromatic heterocycles. The third-order valence-corrected chi connectivity index (χ3v) is 5.49. The molecule has 0 saturated carbocycles. The third-order valence-electron chi connectivity index (χ3n) is 5.49. The molecule has 32 heavy (non-hydrogen) atoms. The summed E-state index contributed by atoms with van der Waals surface area (Å²) in [6.07, 6.45) is 0. The summed E-state index contributed by atoms with van der Waals surface area (Å²) in [6.45, 7) is 3.27. The number of hydrogen-bond donors (Lipinski definition) is 0. The first-order valence-electron chi connectivity index (χ1n) is 10.5. The molecule has 5 heteroatoms. The summed E-state index contributed by atoms with van der Waals surface area (Å²) in [7, 11) is 1.94. The number of rotatable bonds is 7. The Balaban J connectivity index is 1.53. The van der Waals surface area contributed by atoms with Gasteiger partial charge in [0.25, 0.3) is 0 Å². The van der Waals surface area contributed by atoms with Gasteiger partial charge in [-0.25, -0.2) is 4.79 Å². The number of esters is 1. The number of ether oxygens (including phenoxy) is 2. The first kappa shape index (κ1) is 21.4. The Morgan fingerprint density at radius 2 is 1.59 bits per heavy atom. The van der Waals surface area contributed by atoms with E-state index in [0.717, 1.165) is 33.3 Å². The molecule has 0 saturated heterocycles. The number of aryl methyl sites for hydroxylation is 3. The van der Waals surface area contributed by atoms with Crippen LogP contribution in [0.25, 0.3) is 22.2 Å². The maximum absolute atomic E-state index is 13.2. The Morgan fingerprint density at radius 3 is 2.38 bits per heavy atom. The van der Waals surface area contributed by atoms with Crippen molar-refractivity contribution >= 4 is 22.7 Å². The third kappa shape index (κ3) is 4.28. The van der Waals surface area contributed by atoms with Gasteiger partial charge < -0.3 is 14.0 Å². The molecule has 0 spiro atoms. The molecule has 4 aromatic rings. The van der Waals surface area contributed by atoms with Crippen molar-refractivity contribution in [3.8, 4) is 17.0 Å². The standard InChI is InChI=1S/C27H25NO4/c1-18-13-14-19(2)24(15-18)31-17-25(30)32-16-23(29)26-21-11-7-8-12-22(21)28(3)27(26)20-9-5-4-6-10-20/h4-15H,16-17H2,1-3H3. The van der Waals surface area contributed by atoms with Gasteiger partial charge in [-0.2, -0.15) is 0 Å². The zero-order valence-electron chi connectivity index (χ0n) is 18.4. The molecule has 0 aliphatic heterocycles. The molecule has 1 heterocycles. The molecule has 0 aliphatic carbocycles. The number of hydrogen-bond acceptors (Lipinski definition) is 4. The van der Waals surface area contributed by atoms with Crippen LogP contribution < -0.4 is 4.74 Å². The lowest BCUT2D eigenvalue weighted by molar-refractivity contribution is -0.144. The van der Waals surface area contributed by atoms with Gasteiger partial charge in [0.2, 0.25) is 5.78 Å². The van der Waals surface area contributed by atoms with Crippen molar-refractivity contribution in [3.63, 3.8) is 0 Å². The number of benzene rings is 3. The van der Waals surface area contributed by atoms with Crippen LogP contribution >= 0.6 is 0 Å². The van der Waals surface area contributed by atoms with E-state index in [1.54, 1.807) is 0 Å². The van der Waals surface area contributed by atoms with Crippen LogP contribution in [-0.2, 0) is 16.6 Å². The maximum Gasteiger partial charge on any atom is 0.344 e. The van der Waals surface area contributed by atoms with Crippen LogP contribution in [0, 0.1) is 13.8 Å². The molecule has 5 nitrogen and oxygen atoms in total.